The van der Waals surface area contributed by atoms with Crippen LogP contribution in [0.25, 0.3) is 0 Å². The minimum atomic E-state index is -0.0977. The van der Waals surface area contributed by atoms with E-state index in [-0.39, 0.29) is 11.0 Å². The lowest BCUT2D eigenvalue weighted by molar-refractivity contribution is 0.0595. The lowest BCUT2D eigenvalue weighted by Gasteiger charge is -2.43. The van der Waals surface area contributed by atoms with E-state index >= 15 is 0 Å². The zero-order valence-corrected chi connectivity index (χ0v) is 17.9. The molecule has 0 N–H and O–H groups in total. The molecule has 1 aliphatic rings. The molecule has 27 heavy (non-hydrogen) atoms. The zero-order valence-electron chi connectivity index (χ0n) is 17.9. The molecule has 0 unspecified atom stereocenters. The van der Waals surface area contributed by atoms with Crippen molar-refractivity contribution in [1.29, 1.82) is 0 Å². The van der Waals surface area contributed by atoms with Crippen molar-refractivity contribution < 1.29 is 0 Å². The molecule has 0 spiro atoms. The third kappa shape index (κ3) is 4.08. The van der Waals surface area contributed by atoms with Crippen LogP contribution in [0.3, 0.4) is 0 Å². The second-order valence-corrected chi connectivity index (χ2v) is 9.43. The van der Waals surface area contributed by atoms with Gasteiger partial charge in [-0.25, -0.2) is 0 Å². The van der Waals surface area contributed by atoms with Gasteiger partial charge in [-0.05, 0) is 74.9 Å². The molecule has 0 atom stereocenters. The molecule has 0 aliphatic carbocycles. The monoisotopic (exact) mass is 365 g/mol. The van der Waals surface area contributed by atoms with Gasteiger partial charge in [0.05, 0.1) is 11.2 Å². The molecule has 1 saturated heterocycles. The van der Waals surface area contributed by atoms with E-state index in [1.165, 1.54) is 37.1 Å². The molecular weight excluding hydrogens is 330 g/mol. The van der Waals surface area contributed by atoms with Crippen molar-refractivity contribution in [3.63, 3.8) is 0 Å². The van der Waals surface area contributed by atoms with E-state index in [0.29, 0.717) is 0 Å². The Bertz CT molecular complexity index is 724. The zero-order chi connectivity index (χ0) is 19.7. The topological polar surface area (TPSA) is 29.0 Å². The lowest BCUT2D eigenvalue weighted by atomic mass is 9.79. The Morgan fingerprint density at radius 1 is 0.963 bits per heavy atom. The van der Waals surface area contributed by atoms with Gasteiger partial charge in [0, 0.05) is 24.0 Å². The van der Waals surface area contributed by atoms with Crippen LogP contribution >= 0.6 is 0 Å². The van der Waals surface area contributed by atoms with E-state index < -0.39 is 0 Å². The Balaban J connectivity index is 1.76. The van der Waals surface area contributed by atoms with E-state index in [4.69, 9.17) is 4.98 Å². The van der Waals surface area contributed by atoms with Gasteiger partial charge >= 0.3 is 0 Å². The first-order chi connectivity index (χ1) is 12.7. The highest BCUT2D eigenvalue weighted by molar-refractivity contribution is 5.35. The first-order valence-corrected chi connectivity index (χ1v) is 10.4. The fourth-order valence-electron chi connectivity index (χ4n) is 4.31. The molecule has 0 bridgehead atoms. The average molecular weight is 366 g/mol. The van der Waals surface area contributed by atoms with Crippen LogP contribution in [0, 0.1) is 11.8 Å². The van der Waals surface area contributed by atoms with Gasteiger partial charge in [-0.15, -0.1) is 0 Å². The van der Waals surface area contributed by atoms with Gasteiger partial charge in [-0.1, -0.05) is 39.8 Å². The van der Waals surface area contributed by atoms with Gasteiger partial charge in [0.25, 0.3) is 0 Å². The quantitative estimate of drug-likeness (QED) is 0.710. The Labute approximate surface area is 165 Å². The highest BCUT2D eigenvalue weighted by atomic mass is 15.2. The van der Waals surface area contributed by atoms with Gasteiger partial charge in [0.1, 0.15) is 0 Å². The Hall–Kier alpha value is -1.74. The Kier molecular flexibility index (Phi) is 5.71. The van der Waals surface area contributed by atoms with Crippen LogP contribution in [0.2, 0.25) is 0 Å². The minimum Gasteiger partial charge on any atom is -0.293 e. The number of likely N-dealkylation sites (tertiary alicyclic amines) is 1. The van der Waals surface area contributed by atoms with Crippen molar-refractivity contribution in [1.82, 2.24) is 14.9 Å². The summed E-state index contributed by atoms with van der Waals surface area (Å²) in [6, 6.07) is 8.62. The summed E-state index contributed by atoms with van der Waals surface area (Å²) in [6.07, 6.45) is 8.44. The summed E-state index contributed by atoms with van der Waals surface area (Å²) in [4.78, 5) is 11.8. The fourth-order valence-corrected chi connectivity index (χ4v) is 4.31. The number of rotatable bonds is 5. The van der Waals surface area contributed by atoms with Crippen LogP contribution in [0.5, 0.6) is 0 Å². The third-order valence-corrected chi connectivity index (χ3v) is 6.77. The summed E-state index contributed by atoms with van der Waals surface area (Å²) < 4.78 is 0. The van der Waals surface area contributed by atoms with Crippen molar-refractivity contribution in [3.05, 3.63) is 59.7 Å². The molecule has 146 valence electrons. The molecule has 0 radical (unpaired) electrons. The van der Waals surface area contributed by atoms with E-state index in [2.05, 4.69) is 75.8 Å². The molecular formula is C24H35N3. The molecule has 1 aliphatic heterocycles. The van der Waals surface area contributed by atoms with Crippen molar-refractivity contribution >= 4 is 0 Å². The molecule has 0 aromatic carbocycles. The normalized spacial score (nSPS) is 17.4. The van der Waals surface area contributed by atoms with E-state index in [1.54, 1.807) is 0 Å². The first kappa shape index (κ1) is 20.0. The van der Waals surface area contributed by atoms with Crippen LogP contribution < -0.4 is 0 Å². The maximum atomic E-state index is 4.91. The Morgan fingerprint density at radius 2 is 1.63 bits per heavy atom. The minimum absolute atomic E-state index is 0.0288. The molecule has 0 amide bonds. The summed E-state index contributed by atoms with van der Waals surface area (Å²) in [5.74, 6) is 1.66. The maximum Gasteiger partial charge on any atom is 0.0601 e. The third-order valence-electron chi connectivity index (χ3n) is 6.77. The van der Waals surface area contributed by atoms with Crippen molar-refractivity contribution in [3.8, 4) is 0 Å². The predicted octanol–water partition coefficient (Wildman–Crippen LogP) is 5.41. The van der Waals surface area contributed by atoms with Crippen molar-refractivity contribution in [2.24, 2.45) is 11.8 Å². The summed E-state index contributed by atoms with van der Waals surface area (Å²) >= 11 is 0. The van der Waals surface area contributed by atoms with Crippen molar-refractivity contribution in [2.45, 2.75) is 65.3 Å². The molecule has 2 aromatic heterocycles. The van der Waals surface area contributed by atoms with Gasteiger partial charge in [-0.3, -0.25) is 14.9 Å². The maximum absolute atomic E-state index is 4.91. The first-order valence-electron chi connectivity index (χ1n) is 10.4. The van der Waals surface area contributed by atoms with E-state index in [0.717, 1.165) is 17.5 Å². The second-order valence-electron chi connectivity index (χ2n) is 9.43. The fraction of sp³-hybridized carbons (Fsp3) is 0.583. The van der Waals surface area contributed by atoms with Gasteiger partial charge in [-0.2, -0.15) is 0 Å². The summed E-state index contributed by atoms with van der Waals surface area (Å²) in [7, 11) is 0. The van der Waals surface area contributed by atoms with Gasteiger partial charge in [0.15, 0.2) is 0 Å². The number of nitrogens with zero attached hydrogens (tertiary/aromatic N) is 3. The highest BCUT2D eigenvalue weighted by Gasteiger charge is 2.34. The van der Waals surface area contributed by atoms with Crippen LogP contribution in [0.4, 0.5) is 0 Å². The number of hydrogen-bond donors (Lipinski definition) is 0. The predicted molar refractivity (Wildman–Crippen MR) is 113 cm³/mol. The van der Waals surface area contributed by atoms with E-state index in [1.807, 2.05) is 18.5 Å². The molecule has 1 fully saturated rings. The number of pyridine rings is 2. The van der Waals surface area contributed by atoms with Crippen LogP contribution in [-0.4, -0.2) is 28.0 Å². The smallest absolute Gasteiger partial charge is 0.0601 e. The number of piperidine rings is 1. The summed E-state index contributed by atoms with van der Waals surface area (Å²) in [5.41, 5.74) is 3.48. The molecule has 3 heteroatoms. The molecule has 0 saturated carbocycles. The molecule has 3 rings (SSSR count). The summed E-state index contributed by atoms with van der Waals surface area (Å²) in [6.45, 7) is 16.2. The van der Waals surface area contributed by atoms with Crippen LogP contribution in [-0.2, 0) is 11.0 Å². The largest absolute Gasteiger partial charge is 0.293 e. The molecule has 3 nitrogen and oxygen atoms in total. The average Bonchev–Trinajstić information content (AvgIpc) is 2.69. The SMILES string of the molecule is CC(C)C1CCN(C(C)(C)c2ccc(C(C)(C)c3cccnc3)cn2)CC1. The number of aromatic nitrogens is 2. The van der Waals surface area contributed by atoms with Crippen LogP contribution in [0.15, 0.2) is 42.9 Å². The molecule has 2 aromatic rings. The van der Waals surface area contributed by atoms with Gasteiger partial charge < -0.3 is 0 Å². The number of hydrogen-bond acceptors (Lipinski definition) is 3. The van der Waals surface area contributed by atoms with Crippen LogP contribution in [0.1, 0.15) is 71.2 Å². The van der Waals surface area contributed by atoms with E-state index in [9.17, 15) is 0 Å². The second kappa shape index (κ2) is 7.71. The van der Waals surface area contributed by atoms with Crippen molar-refractivity contribution in [2.75, 3.05) is 13.1 Å². The highest BCUT2D eigenvalue weighted by Crippen LogP contribution is 2.35. The standard InChI is InChI=1S/C24H35N3/c1-18(2)19-11-14-27(15-12-19)24(5,6)22-10-9-21(17-26-22)23(3,4)20-8-7-13-25-16-20/h7-10,13,16-19H,11-12,14-15H2,1-6H3. The van der Waals surface area contributed by atoms with Gasteiger partial charge in [0.2, 0.25) is 0 Å². The lowest BCUT2D eigenvalue weighted by Crippen LogP contribution is -2.47. The Morgan fingerprint density at radius 3 is 2.15 bits per heavy atom. The molecule has 3 heterocycles. The summed E-state index contributed by atoms with van der Waals surface area (Å²) in [5, 5.41) is 0.